The number of nitrogens with one attached hydrogen (secondary N) is 1. The molecule has 2 aromatic heterocycles. The van der Waals surface area contributed by atoms with Gasteiger partial charge in [-0.3, -0.25) is 14.2 Å². The zero-order valence-electron chi connectivity index (χ0n) is 15.2. The number of carbonyl (C=O) groups excluding carboxylic acids is 1. The molecule has 3 rings (SSSR count). The average molecular weight is 371 g/mol. The highest BCUT2D eigenvalue weighted by atomic mass is 32.1. The van der Waals surface area contributed by atoms with Gasteiger partial charge in [-0.15, -0.1) is 10.2 Å². The van der Waals surface area contributed by atoms with E-state index in [2.05, 4.69) is 20.5 Å². The normalized spacial score (nSPS) is 11.7. The van der Waals surface area contributed by atoms with Crippen LogP contribution in [-0.4, -0.2) is 25.7 Å². The number of nitrogens with zero attached hydrogens (tertiary/aromatic N) is 4. The summed E-state index contributed by atoms with van der Waals surface area (Å²) in [5.74, 6) is -0.210. The van der Waals surface area contributed by atoms with Gasteiger partial charge < -0.3 is 5.32 Å². The highest BCUT2D eigenvalue weighted by molar-refractivity contribution is 7.15. The van der Waals surface area contributed by atoms with Gasteiger partial charge in [-0.1, -0.05) is 44.2 Å². The van der Waals surface area contributed by atoms with Gasteiger partial charge in [0.2, 0.25) is 11.0 Å². The van der Waals surface area contributed by atoms with Crippen LogP contribution in [0, 0.1) is 6.92 Å². The summed E-state index contributed by atoms with van der Waals surface area (Å²) in [5.41, 5.74) is 1.40. The Hall–Kier alpha value is -2.61. The molecular formula is C18H21N5O2S. The van der Waals surface area contributed by atoms with Crippen molar-refractivity contribution in [1.29, 1.82) is 0 Å². The van der Waals surface area contributed by atoms with E-state index in [9.17, 15) is 9.59 Å². The van der Waals surface area contributed by atoms with Crippen molar-refractivity contribution in [2.45, 2.75) is 46.1 Å². The molecule has 1 amide bonds. The van der Waals surface area contributed by atoms with Crippen LogP contribution in [0.2, 0.25) is 0 Å². The second-order valence-corrected chi connectivity index (χ2v) is 8.15. The third kappa shape index (κ3) is 3.80. The Morgan fingerprint density at radius 2 is 2.04 bits per heavy atom. The molecule has 0 aliphatic rings. The summed E-state index contributed by atoms with van der Waals surface area (Å²) in [6.07, 6.45) is 1.65. The Bertz CT molecular complexity index is 1020. The van der Waals surface area contributed by atoms with Crippen LogP contribution in [-0.2, 0) is 16.8 Å². The molecule has 1 N–H and O–H groups in total. The van der Waals surface area contributed by atoms with E-state index in [4.69, 9.17) is 0 Å². The minimum absolute atomic E-state index is 0.108. The molecule has 0 bridgehead atoms. The first-order valence-electron chi connectivity index (χ1n) is 8.34. The smallest absolute Gasteiger partial charge is 0.261 e. The van der Waals surface area contributed by atoms with Crippen molar-refractivity contribution in [3.63, 3.8) is 0 Å². The molecule has 2 heterocycles. The molecule has 0 saturated heterocycles. The molecule has 7 nitrogen and oxygen atoms in total. The lowest BCUT2D eigenvalue weighted by Crippen LogP contribution is -2.23. The average Bonchev–Trinajstić information content (AvgIpc) is 3.04. The van der Waals surface area contributed by atoms with Crippen LogP contribution >= 0.6 is 11.3 Å². The fourth-order valence-electron chi connectivity index (χ4n) is 2.48. The fourth-order valence-corrected chi connectivity index (χ4v) is 3.29. The summed E-state index contributed by atoms with van der Waals surface area (Å²) >= 11 is 1.36. The summed E-state index contributed by atoms with van der Waals surface area (Å²) < 4.78 is 1.46. The van der Waals surface area contributed by atoms with E-state index in [1.807, 2.05) is 39.8 Å². The summed E-state index contributed by atoms with van der Waals surface area (Å²) in [7, 11) is 0. The molecule has 8 heteroatoms. The minimum atomic E-state index is -0.210. The largest absolute Gasteiger partial charge is 0.300 e. The van der Waals surface area contributed by atoms with Crippen LogP contribution in [0.25, 0.3) is 10.9 Å². The van der Waals surface area contributed by atoms with Crippen molar-refractivity contribution in [3.05, 3.63) is 45.5 Å². The monoisotopic (exact) mass is 371 g/mol. The standard InChI is InChI=1S/C18H21N5O2S/c1-11-6-5-7-12-14(11)19-10-23(15(12)25)9-8-13(24)20-17-22-21-16(26-17)18(2,3)4/h5-7,10H,8-9H2,1-4H3,(H,20,22,24). The summed E-state index contributed by atoms with van der Waals surface area (Å²) in [4.78, 5) is 29.0. The second kappa shape index (κ2) is 6.95. The molecule has 3 aromatic rings. The van der Waals surface area contributed by atoms with Gasteiger partial charge in [0.1, 0.15) is 5.01 Å². The third-order valence-electron chi connectivity index (χ3n) is 3.95. The van der Waals surface area contributed by atoms with Crippen molar-refractivity contribution < 1.29 is 4.79 Å². The van der Waals surface area contributed by atoms with Crippen molar-refractivity contribution in [2.75, 3.05) is 5.32 Å². The quantitative estimate of drug-likeness (QED) is 0.762. The van der Waals surface area contributed by atoms with Gasteiger partial charge in [0.05, 0.1) is 17.2 Å². The van der Waals surface area contributed by atoms with Crippen LogP contribution in [0.3, 0.4) is 0 Å². The first-order valence-corrected chi connectivity index (χ1v) is 9.16. The van der Waals surface area contributed by atoms with Crippen molar-refractivity contribution in [2.24, 2.45) is 0 Å². The Kier molecular flexibility index (Phi) is 4.86. The summed E-state index contributed by atoms with van der Waals surface area (Å²) in [5, 5.41) is 12.7. The van der Waals surface area contributed by atoms with Crippen molar-refractivity contribution >= 4 is 33.3 Å². The minimum Gasteiger partial charge on any atom is -0.300 e. The van der Waals surface area contributed by atoms with Gasteiger partial charge in [-0.2, -0.15) is 0 Å². The van der Waals surface area contributed by atoms with E-state index in [0.29, 0.717) is 16.0 Å². The van der Waals surface area contributed by atoms with Crippen LogP contribution in [0.15, 0.2) is 29.3 Å². The fraction of sp³-hybridized carbons (Fsp3) is 0.389. The third-order valence-corrected chi connectivity index (χ3v) is 5.21. The Balaban J connectivity index is 1.68. The molecule has 0 atom stereocenters. The van der Waals surface area contributed by atoms with Gasteiger partial charge in [0.15, 0.2) is 0 Å². The van der Waals surface area contributed by atoms with E-state index >= 15 is 0 Å². The molecule has 0 fully saturated rings. The Labute approximate surface area is 155 Å². The predicted octanol–water partition coefficient (Wildman–Crippen LogP) is 2.88. The maximum absolute atomic E-state index is 12.5. The SMILES string of the molecule is Cc1cccc2c(=O)n(CCC(=O)Nc3nnc(C(C)(C)C)s3)cnc12. The van der Waals surface area contributed by atoms with Gasteiger partial charge in [-0.05, 0) is 18.6 Å². The lowest BCUT2D eigenvalue weighted by atomic mass is 9.98. The summed E-state index contributed by atoms with van der Waals surface area (Å²) in [6.45, 7) is 8.30. The molecule has 0 spiro atoms. The molecule has 0 saturated carbocycles. The number of carbonyl (C=O) groups is 1. The Morgan fingerprint density at radius 3 is 2.73 bits per heavy atom. The Morgan fingerprint density at radius 1 is 1.27 bits per heavy atom. The molecule has 0 unspecified atom stereocenters. The maximum Gasteiger partial charge on any atom is 0.261 e. The van der Waals surface area contributed by atoms with Crippen LogP contribution in [0.5, 0.6) is 0 Å². The van der Waals surface area contributed by atoms with E-state index in [-0.39, 0.29) is 29.8 Å². The van der Waals surface area contributed by atoms with Gasteiger partial charge >= 0.3 is 0 Å². The number of aromatic nitrogens is 4. The molecule has 0 radical (unpaired) electrons. The maximum atomic E-state index is 12.5. The summed E-state index contributed by atoms with van der Waals surface area (Å²) in [6, 6.07) is 5.50. The zero-order valence-corrected chi connectivity index (χ0v) is 16.1. The highest BCUT2D eigenvalue weighted by Gasteiger charge is 2.20. The van der Waals surface area contributed by atoms with Crippen LogP contribution in [0.4, 0.5) is 5.13 Å². The number of aryl methyl sites for hydroxylation is 2. The molecule has 136 valence electrons. The van der Waals surface area contributed by atoms with Gasteiger partial charge in [0, 0.05) is 18.4 Å². The second-order valence-electron chi connectivity index (χ2n) is 7.17. The van der Waals surface area contributed by atoms with Crippen LogP contribution in [0.1, 0.15) is 37.8 Å². The predicted molar refractivity (Wildman–Crippen MR) is 103 cm³/mol. The van der Waals surface area contributed by atoms with Crippen LogP contribution < -0.4 is 10.9 Å². The van der Waals surface area contributed by atoms with E-state index in [1.54, 1.807) is 6.07 Å². The van der Waals surface area contributed by atoms with E-state index in [1.165, 1.54) is 22.2 Å². The van der Waals surface area contributed by atoms with E-state index < -0.39 is 0 Å². The van der Waals surface area contributed by atoms with Gasteiger partial charge in [-0.25, -0.2) is 4.98 Å². The number of anilines is 1. The van der Waals surface area contributed by atoms with Crippen molar-refractivity contribution in [3.8, 4) is 0 Å². The molecule has 0 aliphatic heterocycles. The molecule has 26 heavy (non-hydrogen) atoms. The number of para-hydroxylation sites is 1. The number of hydrogen-bond donors (Lipinski definition) is 1. The zero-order chi connectivity index (χ0) is 18.9. The lowest BCUT2D eigenvalue weighted by Gasteiger charge is -2.12. The number of rotatable bonds is 4. The first kappa shape index (κ1) is 18.2. The molecular weight excluding hydrogens is 350 g/mol. The molecule has 0 aliphatic carbocycles. The lowest BCUT2D eigenvalue weighted by molar-refractivity contribution is -0.116. The number of amides is 1. The highest BCUT2D eigenvalue weighted by Crippen LogP contribution is 2.27. The number of fused-ring (bicyclic) bond motifs is 1. The van der Waals surface area contributed by atoms with Crippen molar-refractivity contribution in [1.82, 2.24) is 19.7 Å². The van der Waals surface area contributed by atoms with Gasteiger partial charge in [0.25, 0.3) is 5.56 Å². The number of benzene rings is 1. The first-order chi connectivity index (χ1) is 12.3. The topological polar surface area (TPSA) is 89.8 Å². The molecule has 1 aromatic carbocycles. The van der Waals surface area contributed by atoms with E-state index in [0.717, 1.165) is 10.6 Å². The number of hydrogen-bond acceptors (Lipinski definition) is 6.